The van der Waals surface area contributed by atoms with Crippen LogP contribution in [0.15, 0.2) is 76.5 Å². The van der Waals surface area contributed by atoms with E-state index in [0.29, 0.717) is 17.2 Å². The Morgan fingerprint density at radius 3 is 2.68 bits per heavy atom. The van der Waals surface area contributed by atoms with Crippen LogP contribution in [0.25, 0.3) is 0 Å². The van der Waals surface area contributed by atoms with E-state index in [9.17, 15) is 13.4 Å². The van der Waals surface area contributed by atoms with Gasteiger partial charge in [0.2, 0.25) is 5.83 Å². The summed E-state index contributed by atoms with van der Waals surface area (Å²) in [6.45, 7) is 4.26. The number of esters is 1. The molecule has 1 heterocycles. The van der Waals surface area contributed by atoms with Gasteiger partial charge in [-0.2, -0.15) is 4.39 Å². The van der Waals surface area contributed by atoms with E-state index in [2.05, 4.69) is 15.7 Å². The molecule has 2 unspecified atom stereocenters. The van der Waals surface area contributed by atoms with Gasteiger partial charge in [-0.05, 0) is 44.7 Å². The quantitative estimate of drug-likeness (QED) is 0.153. The largest absolute Gasteiger partial charge is 0.461 e. The lowest BCUT2D eigenvalue weighted by Crippen LogP contribution is -2.38. The number of rotatable bonds is 8. The Labute approximate surface area is 207 Å². The minimum atomic E-state index is -1.49. The number of ether oxygens (including phenoxy) is 2. The zero-order chi connectivity index (χ0) is 24.7. The number of nitrogens with zero attached hydrogens (tertiary/aromatic N) is 2. The first-order valence-electron chi connectivity index (χ1n) is 10.9. The molecular formula is C25H29FN2O4S2. The molecule has 9 heteroatoms. The van der Waals surface area contributed by atoms with Crippen molar-refractivity contribution in [3.8, 4) is 5.75 Å². The molecule has 0 saturated carbocycles. The third-order valence-corrected chi connectivity index (χ3v) is 7.65. The maximum atomic E-state index is 14.1. The second kappa shape index (κ2) is 12.2. The van der Waals surface area contributed by atoms with Crippen molar-refractivity contribution in [2.45, 2.75) is 36.1 Å². The van der Waals surface area contributed by atoms with E-state index in [1.807, 2.05) is 67.0 Å². The number of allylic oxidation sites excluding steroid dienone is 1. The van der Waals surface area contributed by atoms with Crippen LogP contribution in [-0.4, -0.2) is 47.0 Å². The van der Waals surface area contributed by atoms with Gasteiger partial charge in [0.1, 0.15) is 23.0 Å². The SMILES string of the molecule is C/C=C/CC1CN(c2ccccc2)c2cc(SC)c(O/C=C(\F)C(=O)OCC)cc2S(=O)N1C. The minimum Gasteiger partial charge on any atom is -0.461 e. The van der Waals surface area contributed by atoms with Gasteiger partial charge >= 0.3 is 5.97 Å². The van der Waals surface area contributed by atoms with Gasteiger partial charge in [-0.25, -0.2) is 13.3 Å². The van der Waals surface area contributed by atoms with E-state index in [4.69, 9.17) is 4.74 Å². The lowest BCUT2D eigenvalue weighted by molar-refractivity contribution is -0.140. The molecule has 2 aromatic carbocycles. The summed E-state index contributed by atoms with van der Waals surface area (Å²) in [6.07, 6.45) is 7.41. The van der Waals surface area contributed by atoms with Crippen molar-refractivity contribution in [1.82, 2.24) is 4.31 Å². The number of thioether (sulfide) groups is 1. The molecular weight excluding hydrogens is 475 g/mol. The van der Waals surface area contributed by atoms with E-state index in [0.717, 1.165) is 29.0 Å². The number of benzene rings is 2. The fraction of sp³-hybridized carbons (Fsp3) is 0.320. The standard InChI is InChI=1S/C25H29FN2O4S2/c1-5-7-11-19-16-28(18-12-9-8-10-13-18)21-14-23(33-4)22(15-24(21)34(30)27(19)3)32-17-20(26)25(29)31-6-2/h5,7-10,12-15,17,19H,6,11,16H2,1-4H3/b7-5+,20-17-. The van der Waals surface area contributed by atoms with Gasteiger partial charge in [-0.1, -0.05) is 30.4 Å². The fourth-order valence-electron chi connectivity index (χ4n) is 3.58. The topological polar surface area (TPSA) is 59.1 Å². The van der Waals surface area contributed by atoms with Gasteiger partial charge in [-0.3, -0.25) is 0 Å². The van der Waals surface area contributed by atoms with E-state index >= 15 is 0 Å². The van der Waals surface area contributed by atoms with Crippen LogP contribution in [0.3, 0.4) is 0 Å². The highest BCUT2D eigenvalue weighted by molar-refractivity contribution is 7.98. The minimum absolute atomic E-state index is 0.00658. The first-order chi connectivity index (χ1) is 16.4. The molecule has 0 spiro atoms. The summed E-state index contributed by atoms with van der Waals surface area (Å²) in [5.41, 5.74) is 1.78. The number of carbonyl (C=O) groups excluding carboxylic acids is 1. The average molecular weight is 505 g/mol. The van der Waals surface area contributed by atoms with Gasteiger partial charge < -0.3 is 14.4 Å². The first-order valence-corrected chi connectivity index (χ1v) is 13.2. The van der Waals surface area contributed by atoms with Gasteiger partial charge in [0, 0.05) is 31.4 Å². The van der Waals surface area contributed by atoms with E-state index in [1.165, 1.54) is 11.8 Å². The number of halogens is 1. The van der Waals surface area contributed by atoms with Crippen LogP contribution in [0.5, 0.6) is 5.75 Å². The van der Waals surface area contributed by atoms with Gasteiger partial charge in [0.15, 0.2) is 0 Å². The van der Waals surface area contributed by atoms with Crippen LogP contribution in [0.2, 0.25) is 0 Å². The molecule has 0 radical (unpaired) electrons. The molecule has 0 aliphatic carbocycles. The first kappa shape index (κ1) is 26.0. The smallest absolute Gasteiger partial charge is 0.370 e. The summed E-state index contributed by atoms with van der Waals surface area (Å²) < 4.78 is 39.7. The molecule has 0 N–H and O–H groups in total. The van der Waals surface area contributed by atoms with Crippen LogP contribution in [-0.2, 0) is 20.5 Å². The number of hydrogen-bond acceptors (Lipinski definition) is 6. The van der Waals surface area contributed by atoms with Crippen molar-refractivity contribution in [2.24, 2.45) is 0 Å². The highest BCUT2D eigenvalue weighted by atomic mass is 32.2. The monoisotopic (exact) mass is 504 g/mol. The normalized spacial score (nSPS) is 19.1. The molecule has 2 atom stereocenters. The molecule has 0 saturated heterocycles. The third-order valence-electron chi connectivity index (χ3n) is 5.36. The number of likely N-dealkylation sites (N-methyl/N-ethyl adjacent to an activating group) is 1. The van der Waals surface area contributed by atoms with Crippen LogP contribution in [0, 0.1) is 0 Å². The number of fused-ring (bicyclic) bond motifs is 1. The summed E-state index contributed by atoms with van der Waals surface area (Å²) in [6, 6.07) is 13.5. The van der Waals surface area contributed by atoms with Crippen molar-refractivity contribution in [2.75, 3.05) is 31.4 Å². The lowest BCUT2D eigenvalue weighted by atomic mass is 10.1. The molecule has 1 aliphatic heterocycles. The summed E-state index contributed by atoms with van der Waals surface area (Å²) in [7, 11) is 0.350. The van der Waals surface area contributed by atoms with Crippen molar-refractivity contribution < 1.29 is 22.9 Å². The molecule has 0 bridgehead atoms. The van der Waals surface area contributed by atoms with E-state index in [1.54, 1.807) is 13.0 Å². The maximum absolute atomic E-state index is 14.1. The molecule has 182 valence electrons. The maximum Gasteiger partial charge on any atom is 0.370 e. The summed E-state index contributed by atoms with van der Waals surface area (Å²) in [5.74, 6) is -1.92. The van der Waals surface area contributed by atoms with Crippen LogP contribution >= 0.6 is 11.8 Å². The van der Waals surface area contributed by atoms with Crippen LogP contribution < -0.4 is 9.64 Å². The zero-order valence-electron chi connectivity index (χ0n) is 19.7. The predicted octanol–water partition coefficient (Wildman–Crippen LogP) is 5.60. The number of para-hydroxylation sites is 1. The Kier molecular flexibility index (Phi) is 9.32. The number of anilines is 2. The Morgan fingerprint density at radius 2 is 2.03 bits per heavy atom. The summed E-state index contributed by atoms with van der Waals surface area (Å²) in [4.78, 5) is 15.0. The van der Waals surface area contributed by atoms with E-state index in [-0.39, 0.29) is 12.6 Å². The Morgan fingerprint density at radius 1 is 1.29 bits per heavy atom. The molecule has 3 rings (SSSR count). The van der Waals surface area contributed by atoms with E-state index < -0.39 is 22.8 Å². The number of carbonyl (C=O) groups is 1. The summed E-state index contributed by atoms with van der Waals surface area (Å²) in [5, 5.41) is 0. The molecule has 0 fully saturated rings. The third kappa shape index (κ3) is 5.89. The average Bonchev–Trinajstić information content (AvgIpc) is 2.96. The Hall–Kier alpha value is -2.62. The van der Waals surface area contributed by atoms with Crippen molar-refractivity contribution in [3.05, 3.63) is 66.7 Å². The van der Waals surface area contributed by atoms with Crippen LogP contribution in [0.1, 0.15) is 20.3 Å². The van der Waals surface area contributed by atoms with Crippen LogP contribution in [0.4, 0.5) is 15.8 Å². The van der Waals surface area contributed by atoms with Gasteiger partial charge in [0.05, 0.1) is 22.1 Å². The highest BCUT2D eigenvalue weighted by Gasteiger charge is 2.32. The van der Waals surface area contributed by atoms with Gasteiger partial charge in [0.25, 0.3) is 0 Å². The molecule has 0 aromatic heterocycles. The molecule has 34 heavy (non-hydrogen) atoms. The number of hydrogen-bond donors (Lipinski definition) is 0. The fourth-order valence-corrected chi connectivity index (χ4v) is 5.41. The lowest BCUT2D eigenvalue weighted by Gasteiger charge is -2.29. The predicted molar refractivity (Wildman–Crippen MR) is 136 cm³/mol. The molecule has 0 amide bonds. The molecule has 2 aromatic rings. The van der Waals surface area contributed by atoms with Crippen molar-refractivity contribution in [1.29, 1.82) is 0 Å². The second-order valence-corrected chi connectivity index (χ2v) is 9.84. The summed E-state index contributed by atoms with van der Waals surface area (Å²) >= 11 is 1.42. The van der Waals surface area contributed by atoms with Gasteiger partial charge in [-0.15, -0.1) is 11.8 Å². The Bertz CT molecular complexity index is 1090. The molecule has 1 aliphatic rings. The second-order valence-electron chi connectivity index (χ2n) is 7.47. The van der Waals surface area contributed by atoms with Crippen molar-refractivity contribution >= 4 is 40.1 Å². The molecule has 6 nitrogen and oxygen atoms in total. The van der Waals surface area contributed by atoms with Crippen molar-refractivity contribution in [3.63, 3.8) is 0 Å². The highest BCUT2D eigenvalue weighted by Crippen LogP contribution is 2.42. The Balaban J connectivity index is 2.10. The zero-order valence-corrected chi connectivity index (χ0v) is 21.3.